The molecule has 0 aliphatic carbocycles. The van der Waals surface area contributed by atoms with Gasteiger partial charge in [-0.15, -0.1) is 0 Å². The van der Waals surface area contributed by atoms with Crippen molar-refractivity contribution in [3.05, 3.63) is 53.7 Å². The number of hydrogen-bond donors (Lipinski definition) is 1. The van der Waals surface area contributed by atoms with Crippen molar-refractivity contribution in [1.82, 2.24) is 25.1 Å². The predicted octanol–water partition coefficient (Wildman–Crippen LogP) is 2.19. The Morgan fingerprint density at radius 2 is 2.08 bits per heavy atom. The molecule has 1 N–H and O–H groups in total. The van der Waals surface area contributed by atoms with Crippen molar-refractivity contribution in [2.45, 2.75) is 39.8 Å². The molecule has 0 aliphatic rings. The van der Waals surface area contributed by atoms with Crippen LogP contribution < -0.4 is 5.32 Å². The van der Waals surface area contributed by atoms with Gasteiger partial charge in [0.05, 0.1) is 18.5 Å². The van der Waals surface area contributed by atoms with Crippen LogP contribution in [-0.2, 0) is 17.8 Å². The summed E-state index contributed by atoms with van der Waals surface area (Å²) >= 11 is 0. The Labute approximate surface area is 140 Å². The molecule has 0 bridgehead atoms. The fourth-order valence-corrected chi connectivity index (χ4v) is 2.97. The number of pyridine rings is 1. The third kappa shape index (κ3) is 3.42. The Morgan fingerprint density at radius 3 is 2.83 bits per heavy atom. The van der Waals surface area contributed by atoms with E-state index in [1.54, 1.807) is 11.0 Å². The molecule has 2 heterocycles. The number of aromatic nitrogens is 4. The number of carbonyl (C=O) groups is 1. The van der Waals surface area contributed by atoms with E-state index < -0.39 is 0 Å². The second-order valence-electron chi connectivity index (χ2n) is 6.08. The topological polar surface area (TPSA) is 72.7 Å². The van der Waals surface area contributed by atoms with Crippen LogP contribution in [0.4, 0.5) is 0 Å². The summed E-state index contributed by atoms with van der Waals surface area (Å²) in [6.07, 6.45) is 3.46. The standard InChI is InChI=1S/C18H21N5O/c1-12(9-23-11-19-10-20-23)21-18(24)8-16-13(2)15-6-4-5-7-17(15)22-14(16)3/h4-7,10-12H,8-9H2,1-3H3,(H,21,24). The Balaban J connectivity index is 1.73. The maximum Gasteiger partial charge on any atom is 0.224 e. The number of aryl methyl sites for hydroxylation is 2. The molecular weight excluding hydrogens is 302 g/mol. The van der Waals surface area contributed by atoms with Crippen molar-refractivity contribution in [3.8, 4) is 0 Å². The Morgan fingerprint density at radius 1 is 1.29 bits per heavy atom. The van der Waals surface area contributed by atoms with E-state index in [0.29, 0.717) is 13.0 Å². The first-order valence-corrected chi connectivity index (χ1v) is 8.01. The Bertz CT molecular complexity index is 857. The van der Waals surface area contributed by atoms with E-state index in [9.17, 15) is 4.79 Å². The van der Waals surface area contributed by atoms with Gasteiger partial charge < -0.3 is 5.32 Å². The van der Waals surface area contributed by atoms with E-state index in [2.05, 4.69) is 27.3 Å². The highest BCUT2D eigenvalue weighted by atomic mass is 16.1. The van der Waals surface area contributed by atoms with E-state index in [0.717, 1.165) is 27.7 Å². The van der Waals surface area contributed by atoms with Gasteiger partial charge in [-0.2, -0.15) is 5.10 Å². The van der Waals surface area contributed by atoms with Gasteiger partial charge in [0.25, 0.3) is 0 Å². The molecule has 2 aromatic heterocycles. The zero-order valence-corrected chi connectivity index (χ0v) is 14.2. The van der Waals surface area contributed by atoms with Gasteiger partial charge in [0, 0.05) is 17.1 Å². The first-order chi connectivity index (χ1) is 11.5. The van der Waals surface area contributed by atoms with Crippen LogP contribution in [0.1, 0.15) is 23.7 Å². The zero-order chi connectivity index (χ0) is 17.1. The summed E-state index contributed by atoms with van der Waals surface area (Å²) in [5.74, 6) is -0.00843. The summed E-state index contributed by atoms with van der Waals surface area (Å²) in [4.78, 5) is 20.9. The molecule has 0 aliphatic heterocycles. The van der Waals surface area contributed by atoms with E-state index in [1.165, 1.54) is 6.33 Å². The van der Waals surface area contributed by atoms with Crippen molar-refractivity contribution in [3.63, 3.8) is 0 Å². The number of hydrogen-bond acceptors (Lipinski definition) is 4. The number of rotatable bonds is 5. The molecule has 6 heteroatoms. The fraction of sp³-hybridized carbons (Fsp3) is 0.333. The molecule has 3 aromatic rings. The SMILES string of the molecule is Cc1nc2ccccc2c(C)c1CC(=O)NC(C)Cn1cncn1. The normalized spacial score (nSPS) is 12.3. The van der Waals surface area contributed by atoms with Gasteiger partial charge in [-0.1, -0.05) is 18.2 Å². The van der Waals surface area contributed by atoms with Crippen molar-refractivity contribution in [2.75, 3.05) is 0 Å². The first-order valence-electron chi connectivity index (χ1n) is 8.01. The maximum absolute atomic E-state index is 12.4. The molecule has 24 heavy (non-hydrogen) atoms. The smallest absolute Gasteiger partial charge is 0.224 e. The third-order valence-electron chi connectivity index (χ3n) is 4.16. The van der Waals surface area contributed by atoms with E-state index in [4.69, 9.17) is 0 Å². The molecule has 1 unspecified atom stereocenters. The number of carbonyl (C=O) groups excluding carboxylic acids is 1. The van der Waals surface area contributed by atoms with Crippen LogP contribution >= 0.6 is 0 Å². The maximum atomic E-state index is 12.4. The molecular formula is C18H21N5O. The summed E-state index contributed by atoms with van der Waals surface area (Å²) in [6.45, 7) is 6.57. The molecule has 0 radical (unpaired) electrons. The van der Waals surface area contributed by atoms with E-state index in [1.807, 2.05) is 38.1 Å². The number of para-hydroxylation sites is 1. The molecule has 0 saturated carbocycles. The lowest BCUT2D eigenvalue weighted by atomic mass is 9.99. The van der Waals surface area contributed by atoms with Gasteiger partial charge in [-0.25, -0.2) is 4.98 Å². The van der Waals surface area contributed by atoms with Crippen LogP contribution in [0.5, 0.6) is 0 Å². The van der Waals surface area contributed by atoms with E-state index >= 15 is 0 Å². The zero-order valence-electron chi connectivity index (χ0n) is 14.2. The summed E-state index contributed by atoms with van der Waals surface area (Å²) in [6, 6.07) is 8.00. The van der Waals surface area contributed by atoms with Crippen molar-refractivity contribution in [1.29, 1.82) is 0 Å². The summed E-state index contributed by atoms with van der Waals surface area (Å²) in [5, 5.41) is 8.17. The summed E-state index contributed by atoms with van der Waals surface area (Å²) in [7, 11) is 0. The van der Waals surface area contributed by atoms with Crippen molar-refractivity contribution < 1.29 is 4.79 Å². The van der Waals surface area contributed by atoms with Gasteiger partial charge in [0.15, 0.2) is 0 Å². The van der Waals surface area contributed by atoms with Crippen molar-refractivity contribution in [2.24, 2.45) is 0 Å². The third-order valence-corrected chi connectivity index (χ3v) is 4.16. The highest BCUT2D eigenvalue weighted by molar-refractivity contribution is 5.86. The minimum absolute atomic E-state index is 0.00843. The molecule has 1 atom stereocenters. The van der Waals surface area contributed by atoms with Gasteiger partial charge in [-0.3, -0.25) is 14.5 Å². The highest BCUT2D eigenvalue weighted by Gasteiger charge is 2.14. The largest absolute Gasteiger partial charge is 0.351 e. The van der Waals surface area contributed by atoms with Crippen LogP contribution in [0.2, 0.25) is 0 Å². The van der Waals surface area contributed by atoms with Crippen LogP contribution in [0.25, 0.3) is 10.9 Å². The fourth-order valence-electron chi connectivity index (χ4n) is 2.97. The van der Waals surface area contributed by atoms with Crippen LogP contribution in [-0.4, -0.2) is 31.7 Å². The van der Waals surface area contributed by atoms with E-state index in [-0.39, 0.29) is 11.9 Å². The lowest BCUT2D eigenvalue weighted by Gasteiger charge is -2.16. The second kappa shape index (κ2) is 6.78. The van der Waals surface area contributed by atoms with Gasteiger partial charge in [-0.05, 0) is 38.0 Å². The van der Waals surface area contributed by atoms with Crippen LogP contribution in [0.3, 0.4) is 0 Å². The average molecular weight is 323 g/mol. The molecule has 1 amide bonds. The summed E-state index contributed by atoms with van der Waals surface area (Å²) in [5.41, 5.74) is 4.00. The monoisotopic (exact) mass is 323 g/mol. The molecule has 0 fully saturated rings. The minimum Gasteiger partial charge on any atom is -0.351 e. The molecule has 0 spiro atoms. The molecule has 1 aromatic carbocycles. The van der Waals surface area contributed by atoms with Gasteiger partial charge in [0.2, 0.25) is 5.91 Å². The molecule has 0 saturated heterocycles. The minimum atomic E-state index is -0.0202. The van der Waals surface area contributed by atoms with Gasteiger partial charge >= 0.3 is 0 Å². The molecule has 6 nitrogen and oxygen atoms in total. The lowest BCUT2D eigenvalue weighted by Crippen LogP contribution is -2.37. The molecule has 124 valence electrons. The second-order valence-corrected chi connectivity index (χ2v) is 6.08. The van der Waals surface area contributed by atoms with Crippen molar-refractivity contribution >= 4 is 16.8 Å². The lowest BCUT2D eigenvalue weighted by molar-refractivity contribution is -0.121. The average Bonchev–Trinajstić information content (AvgIpc) is 3.04. The summed E-state index contributed by atoms with van der Waals surface area (Å²) < 4.78 is 1.71. The number of benzene rings is 1. The van der Waals surface area contributed by atoms with Gasteiger partial charge in [0.1, 0.15) is 12.7 Å². The number of nitrogens with zero attached hydrogens (tertiary/aromatic N) is 4. The highest BCUT2D eigenvalue weighted by Crippen LogP contribution is 2.22. The number of amides is 1. The Kier molecular flexibility index (Phi) is 4.55. The van der Waals surface area contributed by atoms with Crippen LogP contribution in [0, 0.1) is 13.8 Å². The molecule has 3 rings (SSSR count). The predicted molar refractivity (Wildman–Crippen MR) is 92.5 cm³/mol. The van der Waals surface area contributed by atoms with Crippen LogP contribution in [0.15, 0.2) is 36.9 Å². The quantitative estimate of drug-likeness (QED) is 0.781. The number of nitrogens with one attached hydrogen (secondary N) is 1. The first kappa shape index (κ1) is 16.1. The number of fused-ring (bicyclic) bond motifs is 1. The Hall–Kier alpha value is -2.76.